The zero-order valence-electron chi connectivity index (χ0n) is 13.1. The molecule has 0 N–H and O–H groups in total. The molecule has 0 aliphatic heterocycles. The van der Waals surface area contributed by atoms with Gasteiger partial charge in [0.2, 0.25) is 0 Å². The molecule has 2 aromatic rings. The number of benzene rings is 2. The van der Waals surface area contributed by atoms with Crippen molar-refractivity contribution in [3.05, 3.63) is 52.1 Å². The molecule has 0 saturated carbocycles. The van der Waals surface area contributed by atoms with Crippen LogP contribution in [0.2, 0.25) is 0 Å². The maximum atomic E-state index is 10.9. The first-order chi connectivity index (χ1) is 11.1. The van der Waals surface area contributed by atoms with E-state index in [1.165, 1.54) is 25.3 Å². The number of hydrogen-bond acceptors (Lipinski definition) is 6. The van der Waals surface area contributed by atoms with Crippen LogP contribution in [0.1, 0.15) is 5.56 Å². The van der Waals surface area contributed by atoms with Crippen molar-refractivity contribution in [1.82, 2.24) is 0 Å². The fourth-order valence-electron chi connectivity index (χ4n) is 2.02. The smallest absolute Gasteiger partial charge is 0.273 e. The number of nitrogens with zero attached hydrogens (tertiary/aromatic N) is 1. The fourth-order valence-corrected chi connectivity index (χ4v) is 2.57. The third kappa shape index (κ3) is 4.07. The van der Waals surface area contributed by atoms with Crippen molar-refractivity contribution in [1.29, 1.82) is 0 Å². The highest BCUT2D eigenvalue weighted by molar-refractivity contribution is 7.98. The molecule has 0 heterocycles. The van der Waals surface area contributed by atoms with Gasteiger partial charge < -0.3 is 14.2 Å². The summed E-state index contributed by atoms with van der Waals surface area (Å²) in [6.07, 6.45) is 1.97. The maximum Gasteiger partial charge on any atom is 0.273 e. The number of nitro groups is 1. The Hall–Kier alpha value is -2.41. The number of hydrogen-bond donors (Lipinski definition) is 0. The lowest BCUT2D eigenvalue weighted by Gasteiger charge is -2.12. The van der Waals surface area contributed by atoms with E-state index in [0.717, 1.165) is 16.2 Å². The van der Waals surface area contributed by atoms with Crippen LogP contribution < -0.4 is 14.2 Å². The van der Waals surface area contributed by atoms with Crippen molar-refractivity contribution >= 4 is 17.4 Å². The summed E-state index contributed by atoms with van der Waals surface area (Å²) in [5.41, 5.74) is 0.851. The highest BCUT2D eigenvalue weighted by atomic mass is 32.2. The molecular weight excluding hydrogens is 318 g/mol. The van der Waals surface area contributed by atoms with Gasteiger partial charge in [-0.2, -0.15) is 0 Å². The summed E-state index contributed by atoms with van der Waals surface area (Å²) in [5, 5.41) is 10.9. The van der Waals surface area contributed by atoms with Crippen LogP contribution in [-0.2, 0) is 6.61 Å². The van der Waals surface area contributed by atoms with Gasteiger partial charge in [0.15, 0.2) is 11.5 Å². The molecule has 23 heavy (non-hydrogen) atoms. The molecule has 0 aliphatic rings. The third-order valence-electron chi connectivity index (χ3n) is 3.20. The Balaban J connectivity index is 2.20. The molecule has 0 unspecified atom stereocenters. The number of methoxy groups -OCH3 is 2. The van der Waals surface area contributed by atoms with E-state index >= 15 is 0 Å². The van der Waals surface area contributed by atoms with Crippen LogP contribution >= 0.6 is 11.8 Å². The van der Waals surface area contributed by atoms with Gasteiger partial charge in [0.25, 0.3) is 5.69 Å². The lowest BCUT2D eigenvalue weighted by atomic mass is 10.2. The highest BCUT2D eigenvalue weighted by Gasteiger charge is 2.13. The van der Waals surface area contributed by atoms with Crippen molar-refractivity contribution in [3.8, 4) is 17.2 Å². The van der Waals surface area contributed by atoms with Crippen molar-refractivity contribution in [2.24, 2.45) is 0 Å². The highest BCUT2D eigenvalue weighted by Crippen LogP contribution is 2.33. The number of nitro benzene ring substituents is 1. The lowest BCUT2D eigenvalue weighted by molar-refractivity contribution is -0.385. The van der Waals surface area contributed by atoms with Crippen molar-refractivity contribution in [2.45, 2.75) is 11.5 Å². The zero-order valence-corrected chi connectivity index (χ0v) is 13.9. The Labute approximate surface area is 138 Å². The Morgan fingerprint density at radius 3 is 2.39 bits per heavy atom. The largest absolute Gasteiger partial charge is 0.496 e. The van der Waals surface area contributed by atoms with Crippen LogP contribution in [0.4, 0.5) is 5.69 Å². The number of ether oxygens (including phenoxy) is 3. The summed E-state index contributed by atoms with van der Waals surface area (Å²) in [5.74, 6) is 1.54. The predicted octanol–water partition coefficient (Wildman–Crippen LogP) is 3.91. The molecule has 0 amide bonds. The van der Waals surface area contributed by atoms with Gasteiger partial charge in [0.05, 0.1) is 25.2 Å². The molecule has 6 nitrogen and oxygen atoms in total. The quantitative estimate of drug-likeness (QED) is 0.434. The molecule has 0 fully saturated rings. The summed E-state index contributed by atoms with van der Waals surface area (Å²) in [6, 6.07) is 10.0. The Morgan fingerprint density at radius 2 is 1.78 bits per heavy atom. The molecule has 0 aromatic heterocycles. The van der Waals surface area contributed by atoms with Gasteiger partial charge in [0.1, 0.15) is 12.4 Å². The second-order valence-corrected chi connectivity index (χ2v) is 5.42. The second kappa shape index (κ2) is 7.73. The van der Waals surface area contributed by atoms with E-state index in [9.17, 15) is 10.1 Å². The normalized spacial score (nSPS) is 10.2. The molecule has 2 rings (SSSR count). The first-order valence-electron chi connectivity index (χ1n) is 6.75. The summed E-state index contributed by atoms with van der Waals surface area (Å²) in [4.78, 5) is 11.4. The van der Waals surface area contributed by atoms with Crippen LogP contribution in [0.15, 0.2) is 41.3 Å². The molecule has 0 atom stereocenters. The SMILES string of the molecule is COc1ccc([N+](=O)[O-])cc1OCc1ccc(SC)c(OC)c1. The third-order valence-corrected chi connectivity index (χ3v) is 3.98. The first kappa shape index (κ1) is 17.0. The van der Waals surface area contributed by atoms with E-state index in [2.05, 4.69) is 0 Å². The molecule has 0 radical (unpaired) electrons. The number of thioether (sulfide) groups is 1. The molecular formula is C16H17NO5S. The van der Waals surface area contributed by atoms with E-state index in [1.54, 1.807) is 18.9 Å². The standard InChI is InChI=1S/C16H17NO5S/c1-20-13-6-5-12(17(18)19)9-14(13)22-10-11-4-7-16(23-3)15(8-11)21-2/h4-9H,10H2,1-3H3. The van der Waals surface area contributed by atoms with Gasteiger partial charge in [-0.25, -0.2) is 0 Å². The summed E-state index contributed by atoms with van der Waals surface area (Å²) >= 11 is 1.59. The monoisotopic (exact) mass is 335 g/mol. The van der Waals surface area contributed by atoms with Crippen molar-refractivity contribution in [2.75, 3.05) is 20.5 Å². The van der Waals surface area contributed by atoms with Gasteiger partial charge in [-0.3, -0.25) is 10.1 Å². The summed E-state index contributed by atoms with van der Waals surface area (Å²) in [7, 11) is 3.10. The van der Waals surface area contributed by atoms with Crippen LogP contribution in [-0.4, -0.2) is 25.4 Å². The minimum Gasteiger partial charge on any atom is -0.496 e. The molecule has 0 aliphatic carbocycles. The van der Waals surface area contributed by atoms with E-state index < -0.39 is 4.92 Å². The number of rotatable bonds is 7. The average molecular weight is 335 g/mol. The zero-order chi connectivity index (χ0) is 16.8. The fraction of sp³-hybridized carbons (Fsp3) is 0.250. The average Bonchev–Trinajstić information content (AvgIpc) is 2.59. The van der Waals surface area contributed by atoms with E-state index in [0.29, 0.717) is 11.5 Å². The van der Waals surface area contributed by atoms with Crippen LogP contribution in [0.3, 0.4) is 0 Å². The molecule has 0 bridgehead atoms. The molecule has 0 saturated heterocycles. The van der Waals surface area contributed by atoms with Gasteiger partial charge in [0, 0.05) is 11.0 Å². The molecule has 2 aromatic carbocycles. The van der Waals surface area contributed by atoms with Gasteiger partial charge in [-0.05, 0) is 30.0 Å². The Morgan fingerprint density at radius 1 is 1.04 bits per heavy atom. The predicted molar refractivity (Wildman–Crippen MR) is 88.8 cm³/mol. The first-order valence-corrected chi connectivity index (χ1v) is 7.97. The minimum atomic E-state index is -0.470. The van der Waals surface area contributed by atoms with Crippen molar-refractivity contribution in [3.63, 3.8) is 0 Å². The molecule has 7 heteroatoms. The maximum absolute atomic E-state index is 10.9. The van der Waals surface area contributed by atoms with Gasteiger partial charge in [-0.15, -0.1) is 11.8 Å². The van der Waals surface area contributed by atoms with Gasteiger partial charge >= 0.3 is 0 Å². The number of non-ortho nitro benzene ring substituents is 1. The minimum absolute atomic E-state index is 0.0453. The Kier molecular flexibility index (Phi) is 5.70. The molecule has 0 spiro atoms. The lowest BCUT2D eigenvalue weighted by Crippen LogP contribution is -1.99. The summed E-state index contributed by atoms with van der Waals surface area (Å²) in [6.45, 7) is 0.253. The molecule has 122 valence electrons. The van der Waals surface area contributed by atoms with Crippen LogP contribution in [0, 0.1) is 10.1 Å². The van der Waals surface area contributed by atoms with E-state index in [-0.39, 0.29) is 12.3 Å². The van der Waals surface area contributed by atoms with Gasteiger partial charge in [-0.1, -0.05) is 6.07 Å². The van der Waals surface area contributed by atoms with Crippen LogP contribution in [0.5, 0.6) is 17.2 Å². The topological polar surface area (TPSA) is 70.8 Å². The van der Waals surface area contributed by atoms with E-state index in [4.69, 9.17) is 14.2 Å². The van der Waals surface area contributed by atoms with Crippen LogP contribution in [0.25, 0.3) is 0 Å². The van der Waals surface area contributed by atoms with E-state index in [1.807, 2.05) is 24.5 Å². The van der Waals surface area contributed by atoms with Crippen molar-refractivity contribution < 1.29 is 19.1 Å². The summed E-state index contributed by atoms with van der Waals surface area (Å²) < 4.78 is 16.2. The second-order valence-electron chi connectivity index (χ2n) is 4.57. The Bertz CT molecular complexity index is 705.